The average molecular weight is 247 g/mol. The summed E-state index contributed by atoms with van der Waals surface area (Å²) in [5, 5.41) is 6.43. The van der Waals surface area contributed by atoms with Crippen LogP contribution in [0.15, 0.2) is 0 Å². The van der Waals surface area contributed by atoms with Crippen molar-refractivity contribution >= 4 is 18.3 Å². The molecule has 1 unspecified atom stereocenters. The van der Waals surface area contributed by atoms with Crippen LogP contribution in [0, 0.1) is 11.8 Å². The summed E-state index contributed by atoms with van der Waals surface area (Å²) in [5.41, 5.74) is 0. The van der Waals surface area contributed by atoms with E-state index in [0.29, 0.717) is 12.0 Å². The van der Waals surface area contributed by atoms with Gasteiger partial charge in [0.15, 0.2) is 0 Å². The quantitative estimate of drug-likeness (QED) is 0.793. The fourth-order valence-electron chi connectivity index (χ4n) is 2.39. The Morgan fingerprint density at radius 3 is 2.50 bits per heavy atom. The number of hydrogen-bond acceptors (Lipinski definition) is 2. The van der Waals surface area contributed by atoms with Crippen molar-refractivity contribution in [3.63, 3.8) is 0 Å². The number of amides is 1. The number of hydrogen-bond donors (Lipinski definition) is 2. The number of rotatable bonds is 4. The molecule has 4 heteroatoms. The van der Waals surface area contributed by atoms with Gasteiger partial charge in [-0.1, -0.05) is 6.92 Å². The van der Waals surface area contributed by atoms with Gasteiger partial charge in [-0.05, 0) is 50.6 Å². The topological polar surface area (TPSA) is 41.1 Å². The van der Waals surface area contributed by atoms with Gasteiger partial charge in [-0.2, -0.15) is 0 Å². The van der Waals surface area contributed by atoms with Crippen LogP contribution >= 0.6 is 12.4 Å². The fourth-order valence-corrected chi connectivity index (χ4v) is 2.39. The molecule has 0 aromatic carbocycles. The van der Waals surface area contributed by atoms with E-state index in [-0.39, 0.29) is 18.3 Å². The second kappa shape index (κ2) is 6.45. The lowest BCUT2D eigenvalue weighted by atomic mass is 9.84. The minimum absolute atomic E-state index is 0. The van der Waals surface area contributed by atoms with Crippen molar-refractivity contribution in [2.75, 3.05) is 13.1 Å². The Bertz CT molecular complexity index is 225. The van der Waals surface area contributed by atoms with E-state index in [1.165, 1.54) is 25.7 Å². The molecule has 0 aromatic rings. The normalized spacial score (nSPS) is 23.3. The van der Waals surface area contributed by atoms with E-state index in [4.69, 9.17) is 0 Å². The van der Waals surface area contributed by atoms with Crippen LogP contribution in [0.4, 0.5) is 0 Å². The Morgan fingerprint density at radius 2 is 1.94 bits per heavy atom. The highest BCUT2D eigenvalue weighted by Crippen LogP contribution is 2.25. The Morgan fingerprint density at radius 1 is 1.31 bits per heavy atom. The molecule has 94 valence electrons. The molecular formula is C12H23ClN2O. The van der Waals surface area contributed by atoms with Crippen molar-refractivity contribution in [3.8, 4) is 0 Å². The lowest BCUT2D eigenvalue weighted by molar-refractivity contribution is -0.122. The van der Waals surface area contributed by atoms with Gasteiger partial charge in [-0.25, -0.2) is 0 Å². The van der Waals surface area contributed by atoms with Crippen molar-refractivity contribution in [2.45, 2.75) is 45.1 Å². The first-order valence-corrected chi connectivity index (χ1v) is 6.26. The monoisotopic (exact) mass is 246 g/mol. The van der Waals surface area contributed by atoms with E-state index in [1.54, 1.807) is 0 Å². The van der Waals surface area contributed by atoms with E-state index < -0.39 is 0 Å². The first-order chi connectivity index (χ1) is 7.25. The van der Waals surface area contributed by atoms with Gasteiger partial charge in [0.05, 0.1) is 0 Å². The molecule has 0 bridgehead atoms. The molecule has 1 saturated carbocycles. The molecule has 0 spiro atoms. The van der Waals surface area contributed by atoms with Gasteiger partial charge in [-0.3, -0.25) is 4.79 Å². The third-order valence-corrected chi connectivity index (χ3v) is 3.64. The molecule has 2 rings (SSSR count). The molecular weight excluding hydrogens is 224 g/mol. The molecule has 1 saturated heterocycles. The highest BCUT2D eigenvalue weighted by Gasteiger charge is 2.26. The Labute approximate surface area is 104 Å². The maximum atomic E-state index is 11.6. The number of piperidine rings is 1. The molecule has 3 nitrogen and oxygen atoms in total. The zero-order chi connectivity index (χ0) is 10.7. The molecule has 1 amide bonds. The smallest absolute Gasteiger partial charge is 0.220 e. The number of nitrogens with one attached hydrogen (secondary N) is 2. The van der Waals surface area contributed by atoms with Crippen molar-refractivity contribution in [3.05, 3.63) is 0 Å². The second-order valence-corrected chi connectivity index (χ2v) is 5.11. The molecule has 0 radical (unpaired) electrons. The third kappa shape index (κ3) is 4.30. The predicted octanol–water partition coefficient (Wildman–Crippen LogP) is 1.71. The fraction of sp³-hybridized carbons (Fsp3) is 0.917. The first kappa shape index (κ1) is 13.8. The van der Waals surface area contributed by atoms with Gasteiger partial charge < -0.3 is 10.6 Å². The molecule has 0 aromatic heterocycles. The van der Waals surface area contributed by atoms with E-state index in [0.717, 1.165) is 25.4 Å². The first-order valence-electron chi connectivity index (χ1n) is 6.26. The number of carbonyl (C=O) groups excluding carboxylic acids is 1. The molecule has 2 aliphatic rings. The Hall–Kier alpha value is -0.280. The van der Waals surface area contributed by atoms with Crippen LogP contribution in [0.1, 0.15) is 39.0 Å². The Balaban J connectivity index is 0.00000128. The summed E-state index contributed by atoms with van der Waals surface area (Å²) in [4.78, 5) is 11.6. The summed E-state index contributed by atoms with van der Waals surface area (Å²) in [5.74, 6) is 1.56. The largest absolute Gasteiger partial charge is 0.353 e. The van der Waals surface area contributed by atoms with Gasteiger partial charge in [0.2, 0.25) is 5.91 Å². The van der Waals surface area contributed by atoms with E-state index in [1.807, 2.05) is 0 Å². The molecule has 2 fully saturated rings. The van der Waals surface area contributed by atoms with Crippen LogP contribution in [0.5, 0.6) is 0 Å². The van der Waals surface area contributed by atoms with Crippen molar-refractivity contribution in [1.82, 2.24) is 10.6 Å². The van der Waals surface area contributed by atoms with Gasteiger partial charge in [0.25, 0.3) is 0 Å². The predicted molar refractivity (Wildman–Crippen MR) is 67.8 cm³/mol. The summed E-state index contributed by atoms with van der Waals surface area (Å²) in [7, 11) is 0. The zero-order valence-corrected chi connectivity index (χ0v) is 10.8. The molecule has 1 heterocycles. The highest BCUT2D eigenvalue weighted by molar-refractivity contribution is 5.85. The standard InChI is InChI=1S/C12H22N2O.ClH/c1-9(10-4-6-13-7-5-10)8-12(15)14-11-2-3-11;/h9-11,13H,2-8H2,1H3,(H,14,15);1H. The van der Waals surface area contributed by atoms with Crippen molar-refractivity contribution < 1.29 is 4.79 Å². The Kier molecular flexibility index (Phi) is 5.56. The SMILES string of the molecule is CC(CC(=O)NC1CC1)C1CCNCC1.Cl. The lowest BCUT2D eigenvalue weighted by Crippen LogP contribution is -2.34. The van der Waals surface area contributed by atoms with Crippen LogP contribution in [0.3, 0.4) is 0 Å². The van der Waals surface area contributed by atoms with E-state index in [9.17, 15) is 4.79 Å². The van der Waals surface area contributed by atoms with Gasteiger partial charge in [0, 0.05) is 12.5 Å². The summed E-state index contributed by atoms with van der Waals surface area (Å²) in [6.45, 7) is 4.47. The molecule has 16 heavy (non-hydrogen) atoms. The van der Waals surface area contributed by atoms with E-state index in [2.05, 4.69) is 17.6 Å². The van der Waals surface area contributed by atoms with Gasteiger partial charge in [0.1, 0.15) is 0 Å². The second-order valence-electron chi connectivity index (χ2n) is 5.11. The highest BCUT2D eigenvalue weighted by atomic mass is 35.5. The molecule has 1 atom stereocenters. The molecule has 1 aliphatic heterocycles. The van der Waals surface area contributed by atoms with Crippen molar-refractivity contribution in [2.24, 2.45) is 11.8 Å². The van der Waals surface area contributed by atoms with Gasteiger partial charge >= 0.3 is 0 Å². The number of halogens is 1. The zero-order valence-electron chi connectivity index (χ0n) is 10.00. The number of carbonyl (C=O) groups is 1. The van der Waals surface area contributed by atoms with Crippen LogP contribution in [-0.2, 0) is 4.79 Å². The van der Waals surface area contributed by atoms with Crippen LogP contribution in [0.25, 0.3) is 0 Å². The minimum atomic E-state index is 0. The van der Waals surface area contributed by atoms with Gasteiger partial charge in [-0.15, -0.1) is 12.4 Å². The summed E-state index contributed by atoms with van der Waals surface area (Å²) < 4.78 is 0. The molecule has 1 aliphatic carbocycles. The lowest BCUT2D eigenvalue weighted by Gasteiger charge is -2.27. The van der Waals surface area contributed by atoms with Crippen LogP contribution < -0.4 is 10.6 Å². The maximum Gasteiger partial charge on any atom is 0.220 e. The summed E-state index contributed by atoms with van der Waals surface area (Å²) in [6.07, 6.45) is 5.57. The van der Waals surface area contributed by atoms with E-state index >= 15 is 0 Å². The van der Waals surface area contributed by atoms with Crippen LogP contribution in [0.2, 0.25) is 0 Å². The average Bonchev–Trinajstić information content (AvgIpc) is 3.03. The summed E-state index contributed by atoms with van der Waals surface area (Å²) in [6, 6.07) is 0.512. The third-order valence-electron chi connectivity index (χ3n) is 3.64. The van der Waals surface area contributed by atoms with Crippen LogP contribution in [-0.4, -0.2) is 25.0 Å². The maximum absolute atomic E-state index is 11.6. The minimum Gasteiger partial charge on any atom is -0.353 e. The van der Waals surface area contributed by atoms with Crippen molar-refractivity contribution in [1.29, 1.82) is 0 Å². The molecule has 2 N–H and O–H groups in total. The summed E-state index contributed by atoms with van der Waals surface area (Å²) >= 11 is 0.